The number of hydrogen-bond donors (Lipinski definition) is 1. The molecule has 0 saturated heterocycles. The Bertz CT molecular complexity index is 184. The standard InChI is InChI=1S/C12H25N3/c1-11(2)9-15(7-5-6-13)10-12(3)8-14-4/h11-12,14H,5,7-10H2,1-4H3. The fraction of sp³-hybridized carbons (Fsp3) is 0.917. The van der Waals surface area contributed by atoms with Crippen LogP contribution in [0.15, 0.2) is 0 Å². The molecule has 0 spiro atoms. The molecule has 0 aliphatic carbocycles. The Morgan fingerprint density at radius 3 is 2.40 bits per heavy atom. The SMILES string of the molecule is CNCC(C)CN(CCC#N)CC(C)C. The summed E-state index contributed by atoms with van der Waals surface area (Å²) in [6.07, 6.45) is 0.638. The molecule has 1 N–H and O–H groups in total. The second-order valence-corrected chi connectivity index (χ2v) is 4.72. The van der Waals surface area contributed by atoms with E-state index in [1.54, 1.807) is 0 Å². The first-order valence-electron chi connectivity index (χ1n) is 5.84. The van der Waals surface area contributed by atoms with Crippen molar-refractivity contribution in [3.8, 4) is 6.07 Å². The summed E-state index contributed by atoms with van der Waals surface area (Å²) in [6.45, 7) is 10.8. The zero-order valence-electron chi connectivity index (χ0n) is 10.6. The predicted octanol–water partition coefficient (Wildman–Crippen LogP) is 1.71. The van der Waals surface area contributed by atoms with Gasteiger partial charge in [-0.1, -0.05) is 20.8 Å². The number of nitriles is 1. The average Bonchev–Trinajstić information content (AvgIpc) is 2.13. The minimum absolute atomic E-state index is 0.638. The van der Waals surface area contributed by atoms with Gasteiger partial charge in [0.15, 0.2) is 0 Å². The predicted molar refractivity (Wildman–Crippen MR) is 64.6 cm³/mol. The van der Waals surface area contributed by atoms with Crippen molar-refractivity contribution in [3.05, 3.63) is 0 Å². The number of nitrogens with one attached hydrogen (secondary N) is 1. The average molecular weight is 211 g/mol. The van der Waals surface area contributed by atoms with Crippen LogP contribution in [0.3, 0.4) is 0 Å². The molecule has 0 heterocycles. The molecule has 0 aliphatic rings. The van der Waals surface area contributed by atoms with Gasteiger partial charge in [0.1, 0.15) is 0 Å². The van der Waals surface area contributed by atoms with Gasteiger partial charge in [-0.3, -0.25) is 0 Å². The summed E-state index contributed by atoms with van der Waals surface area (Å²) in [5, 5.41) is 11.8. The van der Waals surface area contributed by atoms with Crippen molar-refractivity contribution in [2.45, 2.75) is 27.2 Å². The van der Waals surface area contributed by atoms with E-state index < -0.39 is 0 Å². The largest absolute Gasteiger partial charge is 0.319 e. The molecule has 0 rings (SSSR count). The monoisotopic (exact) mass is 211 g/mol. The molecule has 1 unspecified atom stereocenters. The maximum atomic E-state index is 8.60. The summed E-state index contributed by atoms with van der Waals surface area (Å²) >= 11 is 0. The van der Waals surface area contributed by atoms with Gasteiger partial charge in [-0.25, -0.2) is 0 Å². The number of nitrogens with zero attached hydrogens (tertiary/aromatic N) is 2. The van der Waals surface area contributed by atoms with Gasteiger partial charge in [0.2, 0.25) is 0 Å². The molecule has 3 heteroatoms. The normalized spacial score (nSPS) is 13.1. The molecule has 88 valence electrons. The minimum Gasteiger partial charge on any atom is -0.319 e. The Morgan fingerprint density at radius 1 is 1.27 bits per heavy atom. The minimum atomic E-state index is 0.638. The molecule has 0 aromatic carbocycles. The molecule has 0 amide bonds. The van der Waals surface area contributed by atoms with E-state index in [-0.39, 0.29) is 0 Å². The van der Waals surface area contributed by atoms with Gasteiger partial charge in [-0.15, -0.1) is 0 Å². The first-order chi connectivity index (χ1) is 7.10. The van der Waals surface area contributed by atoms with Gasteiger partial charge in [0.05, 0.1) is 6.07 Å². The van der Waals surface area contributed by atoms with Crippen molar-refractivity contribution >= 4 is 0 Å². The first kappa shape index (κ1) is 14.4. The van der Waals surface area contributed by atoms with Gasteiger partial charge < -0.3 is 10.2 Å². The summed E-state index contributed by atoms with van der Waals surface area (Å²) in [5.74, 6) is 1.32. The lowest BCUT2D eigenvalue weighted by Crippen LogP contribution is -2.35. The molecular weight excluding hydrogens is 186 g/mol. The first-order valence-corrected chi connectivity index (χ1v) is 5.84. The highest BCUT2D eigenvalue weighted by Gasteiger charge is 2.10. The van der Waals surface area contributed by atoms with E-state index in [2.05, 4.69) is 37.1 Å². The van der Waals surface area contributed by atoms with E-state index in [4.69, 9.17) is 5.26 Å². The molecule has 0 radical (unpaired) electrons. The lowest BCUT2D eigenvalue weighted by molar-refractivity contribution is 0.217. The quantitative estimate of drug-likeness (QED) is 0.664. The van der Waals surface area contributed by atoms with Gasteiger partial charge in [0.25, 0.3) is 0 Å². The van der Waals surface area contributed by atoms with Crippen LogP contribution < -0.4 is 5.32 Å². The van der Waals surface area contributed by atoms with Crippen LogP contribution in [0.4, 0.5) is 0 Å². The van der Waals surface area contributed by atoms with Gasteiger partial charge in [-0.2, -0.15) is 5.26 Å². The van der Waals surface area contributed by atoms with Gasteiger partial charge >= 0.3 is 0 Å². The van der Waals surface area contributed by atoms with E-state index in [0.717, 1.165) is 26.2 Å². The topological polar surface area (TPSA) is 39.1 Å². The third-order valence-electron chi connectivity index (χ3n) is 2.29. The molecule has 1 atom stereocenters. The third-order valence-corrected chi connectivity index (χ3v) is 2.29. The second-order valence-electron chi connectivity index (χ2n) is 4.72. The molecule has 0 aliphatic heterocycles. The molecule has 0 aromatic heterocycles. The van der Waals surface area contributed by atoms with Crippen LogP contribution in [0.25, 0.3) is 0 Å². The van der Waals surface area contributed by atoms with Crippen molar-refractivity contribution in [2.75, 3.05) is 33.2 Å². The molecule has 3 nitrogen and oxygen atoms in total. The summed E-state index contributed by atoms with van der Waals surface area (Å²) in [7, 11) is 1.98. The molecule has 0 fully saturated rings. The van der Waals surface area contributed by atoms with E-state index in [1.807, 2.05) is 7.05 Å². The maximum Gasteiger partial charge on any atom is 0.0635 e. The van der Waals surface area contributed by atoms with Gasteiger partial charge in [0, 0.05) is 26.1 Å². The molecule has 15 heavy (non-hydrogen) atoms. The fourth-order valence-electron chi connectivity index (χ4n) is 1.84. The zero-order chi connectivity index (χ0) is 11.7. The second kappa shape index (κ2) is 8.70. The molecular formula is C12H25N3. The lowest BCUT2D eigenvalue weighted by atomic mass is 10.1. The van der Waals surface area contributed by atoms with Crippen LogP contribution in [0.2, 0.25) is 0 Å². The summed E-state index contributed by atoms with van der Waals surface area (Å²) < 4.78 is 0. The highest BCUT2D eigenvalue weighted by molar-refractivity contribution is 4.74. The van der Waals surface area contributed by atoms with Crippen LogP contribution in [0.5, 0.6) is 0 Å². The smallest absolute Gasteiger partial charge is 0.0635 e. The summed E-state index contributed by atoms with van der Waals surface area (Å²) in [4.78, 5) is 2.40. The Morgan fingerprint density at radius 2 is 1.93 bits per heavy atom. The van der Waals surface area contributed by atoms with Crippen LogP contribution in [-0.4, -0.2) is 38.1 Å². The van der Waals surface area contributed by atoms with Crippen LogP contribution in [0.1, 0.15) is 27.2 Å². The number of rotatable bonds is 8. The summed E-state index contributed by atoms with van der Waals surface area (Å²) in [6, 6.07) is 2.22. The van der Waals surface area contributed by atoms with Crippen LogP contribution in [-0.2, 0) is 0 Å². The van der Waals surface area contributed by atoms with E-state index in [1.165, 1.54) is 0 Å². The number of hydrogen-bond acceptors (Lipinski definition) is 3. The Hall–Kier alpha value is -0.590. The van der Waals surface area contributed by atoms with Crippen LogP contribution >= 0.6 is 0 Å². The zero-order valence-corrected chi connectivity index (χ0v) is 10.6. The third kappa shape index (κ3) is 8.41. The Balaban J connectivity index is 3.94. The lowest BCUT2D eigenvalue weighted by Gasteiger charge is -2.26. The maximum absolute atomic E-state index is 8.60. The Labute approximate surface area is 94.5 Å². The van der Waals surface area contributed by atoms with Crippen LogP contribution in [0, 0.1) is 23.2 Å². The molecule has 0 saturated carbocycles. The molecule has 0 bridgehead atoms. The van der Waals surface area contributed by atoms with Crippen molar-refractivity contribution in [1.82, 2.24) is 10.2 Å². The summed E-state index contributed by atoms with van der Waals surface area (Å²) in [5.41, 5.74) is 0. The van der Waals surface area contributed by atoms with E-state index in [0.29, 0.717) is 18.3 Å². The van der Waals surface area contributed by atoms with E-state index >= 15 is 0 Å². The molecule has 0 aromatic rings. The van der Waals surface area contributed by atoms with Crippen molar-refractivity contribution in [3.63, 3.8) is 0 Å². The highest BCUT2D eigenvalue weighted by atomic mass is 15.1. The highest BCUT2D eigenvalue weighted by Crippen LogP contribution is 2.04. The Kier molecular flexibility index (Phi) is 8.35. The fourth-order valence-corrected chi connectivity index (χ4v) is 1.84. The van der Waals surface area contributed by atoms with E-state index in [9.17, 15) is 0 Å². The van der Waals surface area contributed by atoms with Crippen molar-refractivity contribution in [1.29, 1.82) is 5.26 Å². The van der Waals surface area contributed by atoms with Crippen molar-refractivity contribution in [2.24, 2.45) is 11.8 Å². The van der Waals surface area contributed by atoms with Gasteiger partial charge in [-0.05, 0) is 25.4 Å². The van der Waals surface area contributed by atoms with Crippen molar-refractivity contribution < 1.29 is 0 Å².